The number of nitrogens with zero attached hydrogens (tertiary/aromatic N) is 1. The lowest BCUT2D eigenvalue weighted by Crippen LogP contribution is -2.27. The number of halogens is 2. The van der Waals surface area contributed by atoms with Crippen LogP contribution >= 0.6 is 39.3 Å². The molecule has 0 atom stereocenters. The minimum atomic E-state index is -1.13. The Morgan fingerprint density at radius 2 is 2.17 bits per heavy atom. The summed E-state index contributed by atoms with van der Waals surface area (Å²) in [4.78, 5) is 35.9. The van der Waals surface area contributed by atoms with Gasteiger partial charge in [-0.2, -0.15) is 0 Å². The van der Waals surface area contributed by atoms with Crippen LogP contribution in [0.15, 0.2) is 34.2 Å². The summed E-state index contributed by atoms with van der Waals surface area (Å²) < 4.78 is 5.53. The first kappa shape index (κ1) is 18.6. The predicted molar refractivity (Wildman–Crippen MR) is 95.2 cm³/mol. The number of aliphatic carboxylic acids is 1. The first-order valence-electron chi connectivity index (χ1n) is 6.53. The third-order valence-corrected chi connectivity index (χ3v) is 4.62. The molecule has 0 aromatic heterocycles. The number of imide groups is 1. The van der Waals surface area contributed by atoms with Crippen LogP contribution in [0.3, 0.4) is 0 Å². The molecule has 0 saturated carbocycles. The summed E-state index contributed by atoms with van der Waals surface area (Å²) >= 11 is 10.2. The Morgan fingerprint density at radius 3 is 2.75 bits per heavy atom. The Balaban J connectivity index is 2.27. The van der Waals surface area contributed by atoms with E-state index in [0.717, 1.165) is 16.7 Å². The van der Waals surface area contributed by atoms with Crippen molar-refractivity contribution in [1.29, 1.82) is 0 Å². The van der Waals surface area contributed by atoms with Gasteiger partial charge in [-0.05, 0) is 51.5 Å². The topological polar surface area (TPSA) is 83.9 Å². The summed E-state index contributed by atoms with van der Waals surface area (Å²) in [6, 6.07) is 3.13. The highest BCUT2D eigenvalue weighted by Crippen LogP contribution is 2.37. The van der Waals surface area contributed by atoms with Crippen LogP contribution in [-0.2, 0) is 9.59 Å². The second-order valence-corrected chi connectivity index (χ2v) is 6.83. The largest absolute Gasteiger partial charge is 0.479 e. The molecule has 6 nitrogen and oxygen atoms in total. The average molecular weight is 433 g/mol. The Labute approximate surface area is 155 Å². The van der Waals surface area contributed by atoms with E-state index in [1.54, 1.807) is 6.07 Å². The summed E-state index contributed by atoms with van der Waals surface area (Å²) in [5.74, 6) is -1.34. The van der Waals surface area contributed by atoms with Gasteiger partial charge in [0.2, 0.25) is 0 Å². The van der Waals surface area contributed by atoms with E-state index in [0.29, 0.717) is 10.0 Å². The number of benzene rings is 1. The Morgan fingerprint density at radius 1 is 1.46 bits per heavy atom. The maximum absolute atomic E-state index is 12.2. The molecule has 9 heteroatoms. The van der Waals surface area contributed by atoms with Gasteiger partial charge in [0.1, 0.15) is 0 Å². The molecule has 0 aliphatic carbocycles. The monoisotopic (exact) mass is 431 g/mol. The van der Waals surface area contributed by atoms with E-state index in [1.165, 1.54) is 18.2 Å². The fourth-order valence-electron chi connectivity index (χ4n) is 1.87. The number of hydrogen-bond acceptors (Lipinski definition) is 5. The number of thioether (sulfide) groups is 1. The van der Waals surface area contributed by atoms with Gasteiger partial charge in [0.25, 0.3) is 11.1 Å². The summed E-state index contributed by atoms with van der Waals surface area (Å²) in [7, 11) is 0. The quantitative estimate of drug-likeness (QED) is 0.544. The molecule has 2 rings (SSSR count). The van der Waals surface area contributed by atoms with Crippen molar-refractivity contribution in [2.45, 2.75) is 0 Å². The number of ether oxygens (including phenoxy) is 1. The van der Waals surface area contributed by atoms with Crippen LogP contribution in [0, 0.1) is 0 Å². The van der Waals surface area contributed by atoms with Crippen molar-refractivity contribution < 1.29 is 24.2 Å². The summed E-state index contributed by atoms with van der Waals surface area (Å²) in [5.41, 5.74) is 0.568. The number of carboxylic acids is 1. The van der Waals surface area contributed by atoms with Gasteiger partial charge in [-0.25, -0.2) is 4.79 Å². The average Bonchev–Trinajstić information content (AvgIpc) is 2.74. The summed E-state index contributed by atoms with van der Waals surface area (Å²) in [6.45, 7) is 3.13. The van der Waals surface area contributed by atoms with Crippen LogP contribution in [0.25, 0.3) is 6.08 Å². The first-order valence-corrected chi connectivity index (χ1v) is 8.52. The number of rotatable bonds is 6. The second kappa shape index (κ2) is 7.87. The van der Waals surface area contributed by atoms with Gasteiger partial charge in [0, 0.05) is 6.54 Å². The molecule has 0 radical (unpaired) electrons. The van der Waals surface area contributed by atoms with E-state index < -0.39 is 18.5 Å². The summed E-state index contributed by atoms with van der Waals surface area (Å²) in [5, 5.41) is 8.47. The van der Waals surface area contributed by atoms with Gasteiger partial charge in [0.15, 0.2) is 12.4 Å². The van der Waals surface area contributed by atoms with Crippen LogP contribution < -0.4 is 4.74 Å². The zero-order valence-corrected chi connectivity index (χ0v) is 15.3. The van der Waals surface area contributed by atoms with Crippen molar-refractivity contribution in [3.05, 3.63) is 44.8 Å². The maximum atomic E-state index is 12.2. The normalized spacial score (nSPS) is 15.9. The Kier molecular flexibility index (Phi) is 6.09. The van der Waals surface area contributed by atoms with Gasteiger partial charge >= 0.3 is 5.97 Å². The van der Waals surface area contributed by atoms with Gasteiger partial charge < -0.3 is 9.84 Å². The fraction of sp³-hybridized carbons (Fsp3) is 0.133. The molecule has 1 aromatic carbocycles. The minimum absolute atomic E-state index is 0.147. The Hall–Kier alpha value is -1.77. The standard InChI is InChI=1S/C15H11BrClNO5S/c1-2-3-18-14(21)11(24-15(18)22)6-8-4-9(16)13(10(17)5-8)23-7-12(19)20/h2,4-6H,1,3,7H2,(H,19,20)/b11-6+. The maximum Gasteiger partial charge on any atom is 0.341 e. The van der Waals surface area contributed by atoms with Crippen molar-refractivity contribution in [2.24, 2.45) is 0 Å². The molecule has 1 aliphatic heterocycles. The number of amides is 2. The smallest absolute Gasteiger partial charge is 0.341 e. The molecule has 126 valence electrons. The van der Waals surface area contributed by atoms with E-state index in [1.807, 2.05) is 0 Å². The molecule has 2 amide bonds. The molecule has 1 saturated heterocycles. The van der Waals surface area contributed by atoms with Crippen LogP contribution in [0.1, 0.15) is 5.56 Å². The van der Waals surface area contributed by atoms with E-state index in [-0.39, 0.29) is 27.5 Å². The highest BCUT2D eigenvalue weighted by molar-refractivity contribution is 9.10. The number of carbonyl (C=O) groups is 3. The number of hydrogen-bond donors (Lipinski definition) is 1. The molecule has 0 bridgehead atoms. The molecule has 0 spiro atoms. The van der Waals surface area contributed by atoms with Gasteiger partial charge in [-0.15, -0.1) is 6.58 Å². The first-order chi connectivity index (χ1) is 11.3. The Bertz CT molecular complexity index is 741. The molecule has 1 N–H and O–H groups in total. The molecular weight excluding hydrogens is 422 g/mol. The lowest BCUT2D eigenvalue weighted by atomic mass is 10.2. The minimum Gasteiger partial charge on any atom is -0.479 e. The third kappa shape index (κ3) is 4.19. The third-order valence-electron chi connectivity index (χ3n) is 2.84. The van der Waals surface area contributed by atoms with E-state index in [4.69, 9.17) is 21.4 Å². The van der Waals surface area contributed by atoms with Crippen LogP contribution in [-0.4, -0.2) is 40.3 Å². The lowest BCUT2D eigenvalue weighted by molar-refractivity contribution is -0.139. The number of carboxylic acid groups (broad SMARTS) is 1. The summed E-state index contributed by atoms with van der Waals surface area (Å²) in [6.07, 6.45) is 3.01. The molecule has 24 heavy (non-hydrogen) atoms. The fourth-order valence-corrected chi connectivity index (χ4v) is 3.71. The zero-order chi connectivity index (χ0) is 17.9. The molecule has 1 heterocycles. The van der Waals surface area contributed by atoms with E-state index in [2.05, 4.69) is 22.5 Å². The van der Waals surface area contributed by atoms with Crippen molar-refractivity contribution >= 4 is 62.5 Å². The molecule has 1 fully saturated rings. The van der Waals surface area contributed by atoms with Gasteiger partial charge in [-0.3, -0.25) is 14.5 Å². The van der Waals surface area contributed by atoms with Crippen molar-refractivity contribution in [1.82, 2.24) is 4.90 Å². The van der Waals surface area contributed by atoms with Crippen LogP contribution in [0.5, 0.6) is 5.75 Å². The van der Waals surface area contributed by atoms with Gasteiger partial charge in [-0.1, -0.05) is 17.7 Å². The molecular formula is C15H11BrClNO5S. The highest BCUT2D eigenvalue weighted by atomic mass is 79.9. The van der Waals surface area contributed by atoms with E-state index in [9.17, 15) is 14.4 Å². The molecule has 1 aromatic rings. The lowest BCUT2D eigenvalue weighted by Gasteiger charge is -2.09. The van der Waals surface area contributed by atoms with Crippen LogP contribution in [0.4, 0.5) is 4.79 Å². The molecule has 1 aliphatic rings. The zero-order valence-electron chi connectivity index (χ0n) is 12.1. The highest BCUT2D eigenvalue weighted by Gasteiger charge is 2.34. The predicted octanol–water partition coefficient (Wildman–Crippen LogP) is 3.79. The van der Waals surface area contributed by atoms with Gasteiger partial charge in [0.05, 0.1) is 14.4 Å². The molecule has 0 unspecified atom stereocenters. The second-order valence-electron chi connectivity index (χ2n) is 4.58. The van der Waals surface area contributed by atoms with E-state index >= 15 is 0 Å². The number of carbonyl (C=O) groups excluding carboxylic acids is 2. The van der Waals surface area contributed by atoms with Crippen LogP contribution in [0.2, 0.25) is 5.02 Å². The van der Waals surface area contributed by atoms with Crippen molar-refractivity contribution in [2.75, 3.05) is 13.2 Å². The van der Waals surface area contributed by atoms with Crippen molar-refractivity contribution in [3.8, 4) is 5.75 Å². The SMILES string of the molecule is C=CCN1C(=O)S/C(=C/c2cc(Cl)c(OCC(=O)O)c(Br)c2)C1=O. The van der Waals surface area contributed by atoms with Crippen molar-refractivity contribution in [3.63, 3.8) is 0 Å².